The number of likely N-dealkylation sites (tertiary alicyclic amines) is 1. The number of amides is 1. The van der Waals surface area contributed by atoms with E-state index >= 15 is 0 Å². The van der Waals surface area contributed by atoms with Crippen LogP contribution in [0.2, 0.25) is 0 Å². The van der Waals surface area contributed by atoms with Crippen LogP contribution in [-0.2, 0) is 11.2 Å². The lowest BCUT2D eigenvalue weighted by Gasteiger charge is -2.47. The van der Waals surface area contributed by atoms with Crippen LogP contribution in [-0.4, -0.2) is 41.5 Å². The van der Waals surface area contributed by atoms with Gasteiger partial charge in [0.2, 0.25) is 5.91 Å². The molecule has 5 atom stereocenters. The quantitative estimate of drug-likeness (QED) is 0.760. The van der Waals surface area contributed by atoms with E-state index < -0.39 is 0 Å². The van der Waals surface area contributed by atoms with E-state index in [1.54, 1.807) is 0 Å². The van der Waals surface area contributed by atoms with Crippen molar-refractivity contribution in [3.63, 3.8) is 0 Å². The number of hydrogen-bond donors (Lipinski definition) is 2. The molecule has 5 unspecified atom stereocenters. The van der Waals surface area contributed by atoms with Gasteiger partial charge in [-0.15, -0.1) is 0 Å². The topological polar surface area (TPSA) is 58.4 Å². The third-order valence-electron chi connectivity index (χ3n) is 6.87. The van der Waals surface area contributed by atoms with Crippen molar-refractivity contribution in [2.75, 3.05) is 13.1 Å². The summed E-state index contributed by atoms with van der Waals surface area (Å²) in [4.78, 5) is 15.6. The van der Waals surface area contributed by atoms with Crippen LogP contribution in [0.1, 0.15) is 65.4 Å². The molecule has 4 nitrogen and oxygen atoms in total. The van der Waals surface area contributed by atoms with Gasteiger partial charge in [0.25, 0.3) is 0 Å². The van der Waals surface area contributed by atoms with E-state index in [0.717, 1.165) is 31.8 Å². The standard InChI is InChI=1S/C25H41N3O/c1-18(22(26)14-19-10-6-5-7-11-19)16-28-17-21-13-9-8-12-20(21)15-23(28)24(29)27-25(2,3)4/h5-7,10-11,18,20-23H,8-9,12-17,26H2,1-4H3,(H,27,29). The van der Waals surface area contributed by atoms with Crippen molar-refractivity contribution in [1.29, 1.82) is 0 Å². The number of benzene rings is 1. The number of piperidine rings is 1. The monoisotopic (exact) mass is 399 g/mol. The van der Waals surface area contributed by atoms with Crippen molar-refractivity contribution >= 4 is 5.91 Å². The predicted octanol–water partition coefficient (Wildman–Crippen LogP) is 3.99. The molecule has 4 heteroatoms. The van der Waals surface area contributed by atoms with Crippen LogP contribution in [0.25, 0.3) is 0 Å². The van der Waals surface area contributed by atoms with Crippen LogP contribution in [0.3, 0.4) is 0 Å². The average Bonchev–Trinajstić information content (AvgIpc) is 2.66. The minimum Gasteiger partial charge on any atom is -0.350 e. The molecule has 0 radical (unpaired) electrons. The molecule has 1 aromatic carbocycles. The fraction of sp³-hybridized carbons (Fsp3) is 0.720. The zero-order valence-electron chi connectivity index (χ0n) is 18.9. The van der Waals surface area contributed by atoms with E-state index in [1.807, 2.05) is 6.07 Å². The minimum atomic E-state index is -0.193. The normalized spacial score (nSPS) is 27.7. The Morgan fingerprint density at radius 3 is 2.48 bits per heavy atom. The van der Waals surface area contributed by atoms with Crippen LogP contribution in [0.4, 0.5) is 0 Å². The molecule has 1 aromatic rings. The summed E-state index contributed by atoms with van der Waals surface area (Å²) in [6, 6.07) is 10.6. The van der Waals surface area contributed by atoms with Gasteiger partial charge in [0.05, 0.1) is 6.04 Å². The molecule has 0 spiro atoms. The Hall–Kier alpha value is -1.39. The molecule has 1 aliphatic carbocycles. The Kier molecular flexibility index (Phi) is 7.39. The zero-order chi connectivity index (χ0) is 21.0. The van der Waals surface area contributed by atoms with Crippen molar-refractivity contribution in [3.8, 4) is 0 Å². The highest BCUT2D eigenvalue weighted by Gasteiger charge is 2.41. The summed E-state index contributed by atoms with van der Waals surface area (Å²) in [7, 11) is 0. The molecule has 2 fully saturated rings. The van der Waals surface area contributed by atoms with E-state index in [9.17, 15) is 4.79 Å². The van der Waals surface area contributed by atoms with Crippen LogP contribution in [0, 0.1) is 17.8 Å². The Morgan fingerprint density at radius 1 is 1.17 bits per heavy atom. The molecule has 0 aromatic heterocycles. The molecule has 3 rings (SSSR count). The maximum atomic E-state index is 13.2. The lowest BCUT2D eigenvalue weighted by Crippen LogP contribution is -2.58. The lowest BCUT2D eigenvalue weighted by molar-refractivity contribution is -0.132. The first-order valence-corrected chi connectivity index (χ1v) is 11.6. The molecule has 1 aliphatic heterocycles. The molecule has 1 heterocycles. The summed E-state index contributed by atoms with van der Waals surface area (Å²) < 4.78 is 0. The number of hydrogen-bond acceptors (Lipinski definition) is 3. The van der Waals surface area contributed by atoms with Gasteiger partial charge in [-0.3, -0.25) is 9.69 Å². The summed E-state index contributed by atoms with van der Waals surface area (Å²) in [6.45, 7) is 10.4. The number of carbonyl (C=O) groups excluding carboxylic acids is 1. The minimum absolute atomic E-state index is 0.0139. The van der Waals surface area contributed by atoms with Gasteiger partial charge in [0.1, 0.15) is 0 Å². The molecule has 3 N–H and O–H groups in total. The summed E-state index contributed by atoms with van der Waals surface area (Å²) in [5.41, 5.74) is 7.69. The third kappa shape index (κ3) is 6.29. The van der Waals surface area contributed by atoms with E-state index in [0.29, 0.717) is 11.8 Å². The van der Waals surface area contributed by atoms with Crippen molar-refractivity contribution in [2.24, 2.45) is 23.5 Å². The van der Waals surface area contributed by atoms with Gasteiger partial charge in [-0.2, -0.15) is 0 Å². The highest BCUT2D eigenvalue weighted by Crippen LogP contribution is 2.39. The van der Waals surface area contributed by atoms with Crippen molar-refractivity contribution in [2.45, 2.75) is 83.8 Å². The summed E-state index contributed by atoms with van der Waals surface area (Å²) in [6.07, 6.45) is 7.18. The van der Waals surface area contributed by atoms with Crippen LogP contribution < -0.4 is 11.1 Å². The molecular weight excluding hydrogens is 358 g/mol. The Labute approximate surface area is 177 Å². The van der Waals surface area contributed by atoms with Gasteiger partial charge >= 0.3 is 0 Å². The van der Waals surface area contributed by atoms with Crippen LogP contribution in [0.15, 0.2) is 30.3 Å². The van der Waals surface area contributed by atoms with Gasteiger partial charge in [-0.25, -0.2) is 0 Å². The molecule has 0 bridgehead atoms. The number of nitrogens with one attached hydrogen (secondary N) is 1. The second-order valence-corrected chi connectivity index (χ2v) is 10.6. The largest absolute Gasteiger partial charge is 0.350 e. The fourth-order valence-electron chi connectivity index (χ4n) is 5.22. The summed E-state index contributed by atoms with van der Waals surface area (Å²) in [5, 5.41) is 3.24. The molecule has 2 aliphatic rings. The van der Waals surface area contributed by atoms with E-state index in [2.05, 4.69) is 62.2 Å². The van der Waals surface area contributed by atoms with Crippen molar-refractivity contribution in [1.82, 2.24) is 10.2 Å². The van der Waals surface area contributed by atoms with Crippen molar-refractivity contribution < 1.29 is 4.79 Å². The van der Waals surface area contributed by atoms with E-state index in [-0.39, 0.29) is 23.5 Å². The predicted molar refractivity (Wildman–Crippen MR) is 121 cm³/mol. The number of nitrogens with zero attached hydrogens (tertiary/aromatic N) is 1. The second kappa shape index (κ2) is 9.61. The summed E-state index contributed by atoms with van der Waals surface area (Å²) >= 11 is 0. The van der Waals surface area contributed by atoms with Gasteiger partial charge in [-0.05, 0) is 63.4 Å². The lowest BCUT2D eigenvalue weighted by atomic mass is 9.72. The van der Waals surface area contributed by atoms with Crippen molar-refractivity contribution in [3.05, 3.63) is 35.9 Å². The Bertz CT molecular complexity index is 654. The highest BCUT2D eigenvalue weighted by molar-refractivity contribution is 5.82. The third-order valence-corrected chi connectivity index (χ3v) is 6.87. The second-order valence-electron chi connectivity index (χ2n) is 10.6. The first-order valence-electron chi connectivity index (χ1n) is 11.6. The first-order chi connectivity index (χ1) is 13.7. The SMILES string of the molecule is CC(CN1CC2CCCCC2CC1C(=O)NC(C)(C)C)C(N)Cc1ccccc1. The van der Waals surface area contributed by atoms with Gasteiger partial charge in [0.15, 0.2) is 0 Å². The number of nitrogens with two attached hydrogens (primary N) is 1. The van der Waals surface area contributed by atoms with Gasteiger partial charge < -0.3 is 11.1 Å². The Balaban J connectivity index is 1.67. The van der Waals surface area contributed by atoms with Gasteiger partial charge in [-0.1, -0.05) is 56.5 Å². The van der Waals surface area contributed by atoms with E-state index in [4.69, 9.17) is 5.73 Å². The fourth-order valence-corrected chi connectivity index (χ4v) is 5.22. The Morgan fingerprint density at radius 2 is 1.83 bits per heavy atom. The number of fused-ring (bicyclic) bond motifs is 1. The first kappa shape index (κ1) is 22.3. The molecule has 162 valence electrons. The molecule has 1 amide bonds. The zero-order valence-corrected chi connectivity index (χ0v) is 18.9. The van der Waals surface area contributed by atoms with Crippen LogP contribution >= 0.6 is 0 Å². The molecule has 29 heavy (non-hydrogen) atoms. The van der Waals surface area contributed by atoms with E-state index in [1.165, 1.54) is 31.2 Å². The number of rotatable bonds is 6. The molecular formula is C25H41N3O. The average molecular weight is 400 g/mol. The highest BCUT2D eigenvalue weighted by atomic mass is 16.2. The van der Waals surface area contributed by atoms with Crippen LogP contribution in [0.5, 0.6) is 0 Å². The molecule has 1 saturated heterocycles. The van der Waals surface area contributed by atoms with Gasteiger partial charge in [0, 0.05) is 24.7 Å². The number of carbonyl (C=O) groups is 1. The smallest absolute Gasteiger partial charge is 0.237 e. The summed E-state index contributed by atoms with van der Waals surface area (Å²) in [5.74, 6) is 2.01. The maximum Gasteiger partial charge on any atom is 0.237 e. The molecule has 1 saturated carbocycles. The maximum absolute atomic E-state index is 13.2.